The van der Waals surface area contributed by atoms with Crippen LogP contribution in [0.3, 0.4) is 0 Å². The van der Waals surface area contributed by atoms with E-state index in [1.807, 2.05) is 4.90 Å². The summed E-state index contributed by atoms with van der Waals surface area (Å²) in [7, 11) is 0. The SMILES string of the molecule is Cl.NC(=O)C1CCN(C(=O)CN2CCOCC2)CC1. The van der Waals surface area contributed by atoms with E-state index < -0.39 is 0 Å². The topological polar surface area (TPSA) is 75.9 Å². The molecule has 0 aromatic heterocycles. The van der Waals surface area contributed by atoms with Gasteiger partial charge in [0.25, 0.3) is 0 Å². The number of piperidine rings is 1. The number of carbonyl (C=O) groups is 2. The number of morpholine rings is 1. The van der Waals surface area contributed by atoms with Crippen LogP contribution in [-0.2, 0) is 14.3 Å². The first kappa shape index (κ1) is 16.2. The van der Waals surface area contributed by atoms with Crippen molar-refractivity contribution in [2.24, 2.45) is 11.7 Å². The van der Waals surface area contributed by atoms with Gasteiger partial charge in [0.05, 0.1) is 19.8 Å². The van der Waals surface area contributed by atoms with Crippen LogP contribution >= 0.6 is 12.4 Å². The van der Waals surface area contributed by atoms with Crippen LogP contribution in [0.15, 0.2) is 0 Å². The Morgan fingerprint density at radius 2 is 1.68 bits per heavy atom. The Morgan fingerprint density at radius 1 is 1.11 bits per heavy atom. The van der Waals surface area contributed by atoms with E-state index in [0.29, 0.717) is 45.7 Å². The zero-order valence-corrected chi connectivity index (χ0v) is 11.9. The van der Waals surface area contributed by atoms with E-state index in [-0.39, 0.29) is 30.1 Å². The third kappa shape index (κ3) is 4.63. The van der Waals surface area contributed by atoms with E-state index in [9.17, 15) is 9.59 Å². The van der Waals surface area contributed by atoms with Crippen molar-refractivity contribution in [3.8, 4) is 0 Å². The van der Waals surface area contributed by atoms with Crippen LogP contribution in [-0.4, -0.2) is 67.6 Å². The fraction of sp³-hybridized carbons (Fsp3) is 0.833. The van der Waals surface area contributed by atoms with Gasteiger partial charge in [0.15, 0.2) is 0 Å². The molecule has 110 valence electrons. The highest BCUT2D eigenvalue weighted by atomic mass is 35.5. The van der Waals surface area contributed by atoms with E-state index in [1.54, 1.807) is 0 Å². The number of primary amides is 1. The highest BCUT2D eigenvalue weighted by Gasteiger charge is 2.26. The molecule has 19 heavy (non-hydrogen) atoms. The lowest BCUT2D eigenvalue weighted by atomic mass is 9.96. The van der Waals surface area contributed by atoms with Gasteiger partial charge < -0.3 is 15.4 Å². The number of nitrogens with two attached hydrogens (primary N) is 1. The number of carbonyl (C=O) groups excluding carboxylic acids is 2. The molecule has 2 saturated heterocycles. The fourth-order valence-electron chi connectivity index (χ4n) is 2.46. The molecule has 0 spiro atoms. The van der Waals surface area contributed by atoms with Crippen molar-refractivity contribution in [2.75, 3.05) is 45.9 Å². The van der Waals surface area contributed by atoms with Gasteiger partial charge in [-0.2, -0.15) is 0 Å². The average Bonchev–Trinajstić information content (AvgIpc) is 2.40. The third-order valence-corrected chi connectivity index (χ3v) is 3.71. The highest BCUT2D eigenvalue weighted by molar-refractivity contribution is 5.85. The van der Waals surface area contributed by atoms with Crippen LogP contribution in [0.1, 0.15) is 12.8 Å². The van der Waals surface area contributed by atoms with E-state index in [1.165, 1.54) is 0 Å². The Labute approximate surface area is 119 Å². The predicted octanol–water partition coefficient (Wildman–Crippen LogP) is -0.536. The summed E-state index contributed by atoms with van der Waals surface area (Å²) in [5, 5.41) is 0. The molecule has 2 N–H and O–H groups in total. The molecule has 0 saturated carbocycles. The molecule has 0 radical (unpaired) electrons. The average molecular weight is 292 g/mol. The minimum absolute atomic E-state index is 0. The monoisotopic (exact) mass is 291 g/mol. The van der Waals surface area contributed by atoms with E-state index in [0.717, 1.165) is 13.1 Å². The lowest BCUT2D eigenvalue weighted by Gasteiger charge is -2.33. The van der Waals surface area contributed by atoms with Crippen molar-refractivity contribution in [1.29, 1.82) is 0 Å². The van der Waals surface area contributed by atoms with Gasteiger partial charge in [-0.05, 0) is 12.8 Å². The molecular weight excluding hydrogens is 270 g/mol. The molecule has 0 atom stereocenters. The summed E-state index contributed by atoms with van der Waals surface area (Å²) in [5.74, 6) is -0.146. The van der Waals surface area contributed by atoms with Gasteiger partial charge in [0.1, 0.15) is 0 Å². The number of hydrogen-bond donors (Lipinski definition) is 1. The molecule has 2 heterocycles. The second-order valence-corrected chi connectivity index (χ2v) is 4.95. The van der Waals surface area contributed by atoms with Crippen LogP contribution < -0.4 is 5.73 Å². The second-order valence-electron chi connectivity index (χ2n) is 4.95. The molecule has 0 aliphatic carbocycles. The highest BCUT2D eigenvalue weighted by Crippen LogP contribution is 2.16. The van der Waals surface area contributed by atoms with Crippen LogP contribution in [0.2, 0.25) is 0 Å². The quantitative estimate of drug-likeness (QED) is 0.758. The Morgan fingerprint density at radius 3 is 2.21 bits per heavy atom. The molecule has 2 aliphatic heterocycles. The molecule has 0 unspecified atom stereocenters. The summed E-state index contributed by atoms with van der Waals surface area (Å²) >= 11 is 0. The molecule has 2 fully saturated rings. The summed E-state index contributed by atoms with van der Waals surface area (Å²) in [5.41, 5.74) is 5.27. The summed E-state index contributed by atoms with van der Waals surface area (Å²) in [6, 6.07) is 0. The van der Waals surface area contributed by atoms with E-state index >= 15 is 0 Å². The summed E-state index contributed by atoms with van der Waals surface area (Å²) in [6.45, 7) is 4.82. The molecule has 6 nitrogen and oxygen atoms in total. The Balaban J connectivity index is 0.00000180. The van der Waals surface area contributed by atoms with Crippen molar-refractivity contribution in [2.45, 2.75) is 12.8 Å². The molecule has 7 heteroatoms. The smallest absolute Gasteiger partial charge is 0.236 e. The molecule has 0 aromatic carbocycles. The van der Waals surface area contributed by atoms with E-state index in [4.69, 9.17) is 10.5 Å². The van der Waals surface area contributed by atoms with Crippen LogP contribution in [0.4, 0.5) is 0 Å². The van der Waals surface area contributed by atoms with Gasteiger partial charge in [0.2, 0.25) is 11.8 Å². The van der Waals surface area contributed by atoms with Gasteiger partial charge in [-0.25, -0.2) is 0 Å². The number of amides is 2. The molecule has 2 aliphatic rings. The number of hydrogen-bond acceptors (Lipinski definition) is 4. The zero-order chi connectivity index (χ0) is 13.0. The van der Waals surface area contributed by atoms with Crippen molar-refractivity contribution >= 4 is 24.2 Å². The lowest BCUT2D eigenvalue weighted by Crippen LogP contribution is -2.48. The van der Waals surface area contributed by atoms with E-state index in [2.05, 4.69) is 4.90 Å². The number of ether oxygens (including phenoxy) is 1. The first-order valence-corrected chi connectivity index (χ1v) is 6.54. The standard InChI is InChI=1S/C12H21N3O3.ClH/c13-12(17)10-1-3-15(4-2-10)11(16)9-14-5-7-18-8-6-14;/h10H,1-9H2,(H2,13,17);1H. The Hall–Kier alpha value is -0.850. The zero-order valence-electron chi connectivity index (χ0n) is 11.0. The minimum Gasteiger partial charge on any atom is -0.379 e. The first-order valence-electron chi connectivity index (χ1n) is 6.54. The van der Waals surface area contributed by atoms with Crippen molar-refractivity contribution in [3.63, 3.8) is 0 Å². The number of likely N-dealkylation sites (tertiary alicyclic amines) is 1. The number of nitrogens with zero attached hydrogens (tertiary/aromatic N) is 2. The van der Waals surface area contributed by atoms with Gasteiger partial charge in [-0.1, -0.05) is 0 Å². The third-order valence-electron chi connectivity index (χ3n) is 3.71. The normalized spacial score (nSPS) is 21.8. The van der Waals surface area contributed by atoms with Crippen LogP contribution in [0, 0.1) is 5.92 Å². The Bertz CT molecular complexity index is 313. The van der Waals surface area contributed by atoms with Crippen molar-refractivity contribution in [3.05, 3.63) is 0 Å². The molecular formula is C12H22ClN3O3. The number of rotatable bonds is 3. The van der Waals surface area contributed by atoms with Crippen LogP contribution in [0.5, 0.6) is 0 Å². The van der Waals surface area contributed by atoms with Gasteiger partial charge in [-0.15, -0.1) is 12.4 Å². The summed E-state index contributed by atoms with van der Waals surface area (Å²) in [6.07, 6.45) is 1.40. The van der Waals surface area contributed by atoms with Gasteiger partial charge >= 0.3 is 0 Å². The molecule has 2 amide bonds. The first-order chi connectivity index (χ1) is 8.66. The van der Waals surface area contributed by atoms with Crippen LogP contribution in [0.25, 0.3) is 0 Å². The van der Waals surface area contributed by atoms with Crippen molar-refractivity contribution < 1.29 is 14.3 Å². The van der Waals surface area contributed by atoms with Gasteiger partial charge in [0, 0.05) is 32.1 Å². The maximum atomic E-state index is 12.1. The summed E-state index contributed by atoms with van der Waals surface area (Å²) in [4.78, 5) is 27.1. The predicted molar refractivity (Wildman–Crippen MR) is 73.0 cm³/mol. The van der Waals surface area contributed by atoms with Crippen molar-refractivity contribution in [1.82, 2.24) is 9.80 Å². The maximum absolute atomic E-state index is 12.1. The maximum Gasteiger partial charge on any atom is 0.236 e. The molecule has 0 bridgehead atoms. The van der Waals surface area contributed by atoms with Gasteiger partial charge in [-0.3, -0.25) is 14.5 Å². The second kappa shape index (κ2) is 7.67. The fourth-order valence-corrected chi connectivity index (χ4v) is 2.46. The molecule has 2 rings (SSSR count). The summed E-state index contributed by atoms with van der Waals surface area (Å²) < 4.78 is 5.25. The lowest BCUT2D eigenvalue weighted by molar-refractivity contribution is -0.136. The Kier molecular flexibility index (Phi) is 6.54. The molecule has 0 aromatic rings. The minimum atomic E-state index is -0.240. The number of halogens is 1. The largest absolute Gasteiger partial charge is 0.379 e.